The van der Waals surface area contributed by atoms with Gasteiger partial charge in [0.25, 0.3) is 0 Å². The lowest BCUT2D eigenvalue weighted by Crippen LogP contribution is -2.40. The lowest BCUT2D eigenvalue weighted by atomic mass is 10.2. The largest absolute Gasteiger partial charge is 0.490 e. The Morgan fingerprint density at radius 3 is 2.74 bits per heavy atom. The number of alkyl halides is 2. The molecule has 0 bridgehead atoms. The van der Waals surface area contributed by atoms with Gasteiger partial charge in [0.05, 0.1) is 12.6 Å². The molecule has 0 heterocycles. The summed E-state index contributed by atoms with van der Waals surface area (Å²) in [6, 6.07) is 3.99. The van der Waals surface area contributed by atoms with Crippen molar-refractivity contribution in [2.24, 2.45) is 5.73 Å². The van der Waals surface area contributed by atoms with Crippen molar-refractivity contribution in [2.45, 2.75) is 32.5 Å². The summed E-state index contributed by atoms with van der Waals surface area (Å²) in [6.07, 6.45) is 2.54. The number of amides is 1. The van der Waals surface area contributed by atoms with E-state index >= 15 is 0 Å². The summed E-state index contributed by atoms with van der Waals surface area (Å²) < 4.78 is 34.4. The molecule has 0 aliphatic heterocycles. The van der Waals surface area contributed by atoms with Crippen LogP contribution in [0, 0.1) is 0 Å². The number of hydrogen-bond donors (Lipinski definition) is 2. The molecule has 0 aliphatic carbocycles. The lowest BCUT2D eigenvalue weighted by Gasteiger charge is -2.14. The van der Waals surface area contributed by atoms with Crippen molar-refractivity contribution in [1.82, 2.24) is 5.32 Å². The summed E-state index contributed by atoms with van der Waals surface area (Å²) in [7, 11) is 0. The van der Waals surface area contributed by atoms with Crippen molar-refractivity contribution < 1.29 is 23.0 Å². The third-order valence-electron chi connectivity index (χ3n) is 2.96. The van der Waals surface area contributed by atoms with Gasteiger partial charge in [0.1, 0.15) is 0 Å². The molecule has 0 saturated carbocycles. The van der Waals surface area contributed by atoms with E-state index in [1.54, 1.807) is 30.8 Å². The van der Waals surface area contributed by atoms with E-state index < -0.39 is 12.7 Å². The highest BCUT2D eigenvalue weighted by Gasteiger charge is 2.14. The zero-order valence-electron chi connectivity index (χ0n) is 13.2. The van der Waals surface area contributed by atoms with Gasteiger partial charge in [-0.3, -0.25) is 4.79 Å². The Bertz CT molecular complexity index is 504. The third kappa shape index (κ3) is 7.04. The Morgan fingerprint density at radius 2 is 2.13 bits per heavy atom. The van der Waals surface area contributed by atoms with Gasteiger partial charge in [0, 0.05) is 6.54 Å². The van der Waals surface area contributed by atoms with Crippen LogP contribution < -0.4 is 20.5 Å². The summed E-state index contributed by atoms with van der Waals surface area (Å²) in [4.78, 5) is 11.8. The fraction of sp³-hybridized carbons (Fsp3) is 0.533. The molecule has 0 aliphatic rings. The van der Waals surface area contributed by atoms with Gasteiger partial charge in [0.2, 0.25) is 5.91 Å². The minimum Gasteiger partial charge on any atom is -0.490 e. The van der Waals surface area contributed by atoms with E-state index in [-0.39, 0.29) is 24.0 Å². The summed E-state index contributed by atoms with van der Waals surface area (Å²) >= 11 is 1.62. The first-order valence-electron chi connectivity index (χ1n) is 7.20. The van der Waals surface area contributed by atoms with Gasteiger partial charge < -0.3 is 20.5 Å². The Hall–Kier alpha value is -1.54. The van der Waals surface area contributed by atoms with Gasteiger partial charge in [-0.05, 0) is 43.0 Å². The quantitative estimate of drug-likeness (QED) is 0.679. The van der Waals surface area contributed by atoms with Crippen molar-refractivity contribution in [3.63, 3.8) is 0 Å². The van der Waals surface area contributed by atoms with Crippen molar-refractivity contribution in [2.75, 3.05) is 18.6 Å². The molecule has 23 heavy (non-hydrogen) atoms. The average molecular weight is 348 g/mol. The van der Waals surface area contributed by atoms with Gasteiger partial charge in [0.15, 0.2) is 11.5 Å². The highest BCUT2D eigenvalue weighted by atomic mass is 32.2. The highest BCUT2D eigenvalue weighted by molar-refractivity contribution is 7.98. The molecule has 1 atom stereocenters. The number of thioether (sulfide) groups is 1. The minimum absolute atomic E-state index is 0.0337. The molecule has 0 aromatic heterocycles. The first-order chi connectivity index (χ1) is 11.0. The second kappa shape index (κ2) is 10.3. The predicted molar refractivity (Wildman–Crippen MR) is 87.1 cm³/mol. The van der Waals surface area contributed by atoms with Crippen LogP contribution in [0.3, 0.4) is 0 Å². The van der Waals surface area contributed by atoms with Crippen molar-refractivity contribution in [3.05, 3.63) is 23.8 Å². The summed E-state index contributed by atoms with van der Waals surface area (Å²) in [5, 5.41) is 2.72. The SMILES string of the molecule is CCOc1cc(CNC(=O)[C@@H](N)CCSC)ccc1OC(F)F. The van der Waals surface area contributed by atoms with E-state index in [0.29, 0.717) is 18.6 Å². The molecule has 1 aromatic rings. The van der Waals surface area contributed by atoms with Crippen LogP contribution in [-0.2, 0) is 11.3 Å². The number of nitrogens with two attached hydrogens (primary N) is 1. The van der Waals surface area contributed by atoms with Gasteiger partial charge in [-0.25, -0.2) is 0 Å². The third-order valence-corrected chi connectivity index (χ3v) is 3.60. The number of rotatable bonds is 10. The van der Waals surface area contributed by atoms with E-state index in [1.807, 2.05) is 6.26 Å². The molecule has 0 unspecified atom stereocenters. The maximum atomic E-state index is 12.3. The lowest BCUT2D eigenvalue weighted by molar-refractivity contribution is -0.122. The second-order valence-electron chi connectivity index (χ2n) is 4.70. The van der Waals surface area contributed by atoms with Crippen molar-refractivity contribution >= 4 is 17.7 Å². The molecular formula is C15H22F2N2O3S. The van der Waals surface area contributed by atoms with Crippen LogP contribution >= 0.6 is 11.8 Å². The number of ether oxygens (including phenoxy) is 2. The Morgan fingerprint density at radius 1 is 1.39 bits per heavy atom. The molecule has 1 aromatic carbocycles. The molecule has 3 N–H and O–H groups in total. The highest BCUT2D eigenvalue weighted by Crippen LogP contribution is 2.29. The van der Waals surface area contributed by atoms with Crippen LogP contribution in [0.4, 0.5) is 8.78 Å². The topological polar surface area (TPSA) is 73.6 Å². The number of carbonyl (C=O) groups excluding carboxylic acids is 1. The number of benzene rings is 1. The standard InChI is InChI=1S/C15H22F2N2O3S/c1-3-21-13-8-10(4-5-12(13)22-15(16)17)9-19-14(20)11(18)6-7-23-2/h4-5,8,11,15H,3,6-7,9,18H2,1-2H3,(H,19,20)/t11-/m0/s1. The van der Waals surface area contributed by atoms with E-state index in [9.17, 15) is 13.6 Å². The first kappa shape index (κ1) is 19.5. The Labute approximate surface area is 138 Å². The van der Waals surface area contributed by atoms with Crippen LogP contribution in [-0.4, -0.2) is 37.2 Å². The number of nitrogens with one attached hydrogen (secondary N) is 1. The molecule has 0 radical (unpaired) electrons. The van der Waals surface area contributed by atoms with Crippen LogP contribution in [0.5, 0.6) is 11.5 Å². The molecule has 130 valence electrons. The van der Waals surface area contributed by atoms with E-state index in [2.05, 4.69) is 10.1 Å². The predicted octanol–water partition coefficient (Wildman–Crippen LogP) is 2.38. The molecule has 0 spiro atoms. The molecule has 1 amide bonds. The normalized spacial score (nSPS) is 12.1. The van der Waals surface area contributed by atoms with Crippen LogP contribution in [0.25, 0.3) is 0 Å². The zero-order valence-corrected chi connectivity index (χ0v) is 14.0. The molecule has 1 rings (SSSR count). The van der Waals surface area contributed by atoms with Crippen LogP contribution in [0.2, 0.25) is 0 Å². The molecule has 0 fully saturated rings. The van der Waals surface area contributed by atoms with E-state index in [1.165, 1.54) is 6.07 Å². The van der Waals surface area contributed by atoms with E-state index in [4.69, 9.17) is 10.5 Å². The monoisotopic (exact) mass is 348 g/mol. The number of hydrogen-bond acceptors (Lipinski definition) is 5. The second-order valence-corrected chi connectivity index (χ2v) is 5.68. The average Bonchev–Trinajstić information content (AvgIpc) is 2.52. The summed E-state index contributed by atoms with van der Waals surface area (Å²) in [5.41, 5.74) is 6.48. The Kier molecular flexibility index (Phi) is 8.71. The zero-order chi connectivity index (χ0) is 17.2. The first-order valence-corrected chi connectivity index (χ1v) is 8.60. The number of halogens is 2. The van der Waals surface area contributed by atoms with E-state index in [0.717, 1.165) is 5.75 Å². The van der Waals surface area contributed by atoms with Crippen molar-refractivity contribution in [3.8, 4) is 11.5 Å². The smallest absolute Gasteiger partial charge is 0.387 e. The van der Waals surface area contributed by atoms with Gasteiger partial charge in [-0.15, -0.1) is 0 Å². The minimum atomic E-state index is -2.92. The van der Waals surface area contributed by atoms with Gasteiger partial charge in [-0.2, -0.15) is 20.5 Å². The van der Waals surface area contributed by atoms with Gasteiger partial charge >= 0.3 is 6.61 Å². The summed E-state index contributed by atoms with van der Waals surface area (Å²) in [6.45, 7) is -0.629. The molecule has 0 saturated heterocycles. The van der Waals surface area contributed by atoms with Crippen molar-refractivity contribution in [1.29, 1.82) is 0 Å². The summed E-state index contributed by atoms with van der Waals surface area (Å²) in [5.74, 6) is 0.743. The van der Waals surface area contributed by atoms with Crippen LogP contribution in [0.15, 0.2) is 18.2 Å². The number of carbonyl (C=O) groups is 1. The van der Waals surface area contributed by atoms with Gasteiger partial charge in [-0.1, -0.05) is 6.07 Å². The molecule has 8 heteroatoms. The molecule has 5 nitrogen and oxygen atoms in total. The van der Waals surface area contributed by atoms with Crippen LogP contribution in [0.1, 0.15) is 18.9 Å². The fourth-order valence-electron chi connectivity index (χ4n) is 1.82. The maximum Gasteiger partial charge on any atom is 0.387 e. The Balaban J connectivity index is 2.66. The maximum absolute atomic E-state index is 12.3. The molecular weight excluding hydrogens is 326 g/mol. The fourth-order valence-corrected chi connectivity index (χ4v) is 2.31.